The number of hydrogen-bond donors (Lipinski definition) is 1. The summed E-state index contributed by atoms with van der Waals surface area (Å²) in [4.78, 5) is 3.33. The Balaban J connectivity index is 0.936. The van der Waals surface area contributed by atoms with Gasteiger partial charge in [-0.05, 0) is 106 Å². The summed E-state index contributed by atoms with van der Waals surface area (Å²) < 4.78 is 80.6. The lowest BCUT2D eigenvalue weighted by molar-refractivity contribution is 0.326. The highest BCUT2D eigenvalue weighted by molar-refractivity contribution is 7.88. The van der Waals surface area contributed by atoms with E-state index >= 15 is 8.78 Å². The molecule has 19 heteroatoms. The molecule has 10 nitrogen and oxygen atoms in total. The second-order valence-electron chi connectivity index (χ2n) is 14.1. The minimum absolute atomic E-state index is 0.0813. The Morgan fingerprint density at radius 3 is 1.83 bits per heavy atom. The van der Waals surface area contributed by atoms with Crippen LogP contribution in [-0.2, 0) is 23.0 Å². The molecular weight excluding hydrogens is 918 g/mol. The van der Waals surface area contributed by atoms with E-state index in [-0.39, 0.29) is 39.4 Å². The lowest BCUT2D eigenvalue weighted by Crippen LogP contribution is -2.20. The molecular formula is C41H35Cl4F2N5O5S3. The number of nitrogens with zero attached hydrogens (tertiary/aromatic N) is 5. The van der Waals surface area contributed by atoms with E-state index in [1.165, 1.54) is 34.2 Å². The van der Waals surface area contributed by atoms with Gasteiger partial charge in [0.2, 0.25) is 0 Å². The number of aromatic nitrogens is 4. The van der Waals surface area contributed by atoms with Gasteiger partial charge in [-0.2, -0.15) is 18.6 Å². The summed E-state index contributed by atoms with van der Waals surface area (Å²) in [6.45, 7) is 1.86. The molecule has 8 rings (SSSR count). The van der Waals surface area contributed by atoms with Crippen LogP contribution >= 0.6 is 69.1 Å². The standard InChI is InChI=1S/C41H35Cl4F2N5O5S3/c1-50(15-4-2-6-29(46)36-25-12-17-56-33-14-19-58-40(33)38(25)51(48-36)31-10-8-23(42)20-27(31)44)16-5-3-7-30(47)37-26-13-18-57-34-22-35(60(53,54)55)59-41(34)39(26)52(49-37)32-11-9-24(43)21-28(32)45/h6-11,14,19-22H,2-5,12-13,15-18H2,1H3,(H,53,54,55)/b29-6-,30-7-. The monoisotopic (exact) mass is 951 g/mol. The van der Waals surface area contributed by atoms with Gasteiger partial charge in [0.1, 0.15) is 34.5 Å². The number of rotatable bonds is 13. The van der Waals surface area contributed by atoms with E-state index in [0.717, 1.165) is 33.2 Å². The molecule has 60 heavy (non-hydrogen) atoms. The van der Waals surface area contributed by atoms with E-state index in [1.54, 1.807) is 41.1 Å². The maximum atomic E-state index is 16.1. The van der Waals surface area contributed by atoms with Gasteiger partial charge >= 0.3 is 10.1 Å². The third-order valence-electron chi connectivity index (χ3n) is 10.0. The highest BCUT2D eigenvalue weighted by Gasteiger charge is 2.32. The van der Waals surface area contributed by atoms with Gasteiger partial charge in [0.15, 0.2) is 4.21 Å². The Morgan fingerprint density at radius 2 is 1.32 bits per heavy atom. The van der Waals surface area contributed by atoms with Gasteiger partial charge < -0.3 is 14.4 Å². The van der Waals surface area contributed by atoms with Crippen molar-refractivity contribution in [2.45, 2.75) is 42.7 Å². The Morgan fingerprint density at radius 1 is 0.800 bits per heavy atom. The maximum Gasteiger partial charge on any atom is 0.304 e. The molecule has 0 amide bonds. The zero-order valence-electron chi connectivity index (χ0n) is 31.7. The average Bonchev–Trinajstić information content (AvgIpc) is 3.96. The fraction of sp³-hybridized carbons (Fsp3) is 0.268. The van der Waals surface area contributed by atoms with Crippen LogP contribution < -0.4 is 9.47 Å². The molecule has 2 aliphatic heterocycles. The van der Waals surface area contributed by atoms with Gasteiger partial charge in [0.25, 0.3) is 0 Å². The highest BCUT2D eigenvalue weighted by Crippen LogP contribution is 2.47. The summed E-state index contributed by atoms with van der Waals surface area (Å²) in [5.74, 6) is -0.0169. The van der Waals surface area contributed by atoms with E-state index in [1.807, 2.05) is 18.5 Å². The van der Waals surface area contributed by atoms with Gasteiger partial charge in [-0.25, -0.2) is 18.1 Å². The Kier molecular flexibility index (Phi) is 12.8. The molecule has 2 aliphatic rings. The van der Waals surface area contributed by atoms with Gasteiger partial charge in [0.05, 0.1) is 55.8 Å². The fourth-order valence-corrected chi connectivity index (χ4v) is 10.9. The largest absolute Gasteiger partial charge is 0.492 e. The lowest BCUT2D eigenvalue weighted by Gasteiger charge is -2.15. The minimum Gasteiger partial charge on any atom is -0.492 e. The number of thiophene rings is 2. The molecule has 0 fully saturated rings. The first-order valence-electron chi connectivity index (χ1n) is 18.8. The van der Waals surface area contributed by atoms with Crippen molar-refractivity contribution in [1.29, 1.82) is 0 Å². The first kappa shape index (κ1) is 42.9. The topological polar surface area (TPSA) is 112 Å². The molecule has 1 N–H and O–H groups in total. The number of allylic oxidation sites excluding steroid dienone is 2. The van der Waals surface area contributed by atoms with Crippen LogP contribution in [-0.4, -0.2) is 70.8 Å². The third-order valence-corrected chi connectivity index (χ3v) is 14.4. The molecule has 6 aromatic rings. The molecule has 6 heterocycles. The summed E-state index contributed by atoms with van der Waals surface area (Å²) in [6, 6.07) is 13.1. The van der Waals surface area contributed by atoms with E-state index in [0.29, 0.717) is 94.4 Å². The van der Waals surface area contributed by atoms with Crippen molar-refractivity contribution in [3.8, 4) is 44.0 Å². The zero-order chi connectivity index (χ0) is 42.3. The first-order valence-corrected chi connectivity index (χ1v) is 23.4. The second kappa shape index (κ2) is 17.9. The van der Waals surface area contributed by atoms with E-state index in [9.17, 15) is 13.0 Å². The summed E-state index contributed by atoms with van der Waals surface area (Å²) in [7, 11) is -2.57. The van der Waals surface area contributed by atoms with Crippen molar-refractivity contribution < 1.29 is 31.2 Å². The van der Waals surface area contributed by atoms with Crippen LogP contribution in [0.3, 0.4) is 0 Å². The molecule has 0 unspecified atom stereocenters. The lowest BCUT2D eigenvalue weighted by atomic mass is 10.1. The normalized spacial score (nSPS) is 14.2. The summed E-state index contributed by atoms with van der Waals surface area (Å²) in [5.41, 5.74) is 3.75. The number of fused-ring (bicyclic) bond motifs is 6. The number of ether oxygens (including phenoxy) is 2. The van der Waals surface area contributed by atoms with Crippen molar-refractivity contribution in [3.63, 3.8) is 0 Å². The number of halogens is 6. The van der Waals surface area contributed by atoms with Crippen LogP contribution in [0.4, 0.5) is 8.78 Å². The fourth-order valence-electron chi connectivity index (χ4n) is 7.23. The molecule has 0 atom stereocenters. The molecule has 0 bridgehead atoms. The predicted molar refractivity (Wildman–Crippen MR) is 236 cm³/mol. The smallest absolute Gasteiger partial charge is 0.304 e. The Bertz CT molecular complexity index is 2780. The average molecular weight is 954 g/mol. The van der Waals surface area contributed by atoms with Crippen molar-refractivity contribution in [2.24, 2.45) is 0 Å². The van der Waals surface area contributed by atoms with E-state index in [4.69, 9.17) is 61.0 Å². The van der Waals surface area contributed by atoms with Gasteiger partial charge in [-0.15, -0.1) is 22.7 Å². The van der Waals surface area contributed by atoms with E-state index in [2.05, 4.69) is 10.00 Å². The van der Waals surface area contributed by atoms with Crippen molar-refractivity contribution in [1.82, 2.24) is 24.5 Å². The Hall–Kier alpha value is -3.77. The maximum absolute atomic E-state index is 16.1. The molecule has 4 aromatic heterocycles. The van der Waals surface area contributed by atoms with Crippen molar-refractivity contribution >= 4 is 90.8 Å². The summed E-state index contributed by atoms with van der Waals surface area (Å²) >= 11 is 27.8. The van der Waals surface area contributed by atoms with Crippen LogP contribution in [0.25, 0.3) is 44.2 Å². The molecule has 0 spiro atoms. The van der Waals surface area contributed by atoms with Gasteiger partial charge in [0, 0.05) is 40.1 Å². The minimum atomic E-state index is -4.54. The van der Waals surface area contributed by atoms with Crippen LogP contribution in [0, 0.1) is 0 Å². The second-order valence-corrected chi connectivity index (χ2v) is 19.4. The predicted octanol–water partition coefficient (Wildman–Crippen LogP) is 12.1. The highest BCUT2D eigenvalue weighted by atomic mass is 35.5. The Labute approximate surface area is 372 Å². The molecule has 2 aromatic carbocycles. The number of hydrogen-bond acceptors (Lipinski definition) is 9. The number of unbranched alkanes of at least 4 members (excludes halogenated alkanes) is 2. The van der Waals surface area contributed by atoms with E-state index < -0.39 is 21.8 Å². The summed E-state index contributed by atoms with van der Waals surface area (Å²) in [6.07, 6.45) is 6.00. The molecule has 314 valence electrons. The SMILES string of the molecule is CN(CCC/C=C(\F)c1nn(-c2ccc(Cl)cc2Cl)c2c1CCOc1ccsc1-2)CCC/C=C(\F)c1nn(-c2ccc(Cl)cc2Cl)c2c1CCOc1cc(S(=O)(=O)O)sc1-2. The summed E-state index contributed by atoms with van der Waals surface area (Å²) in [5, 5.41) is 12.8. The molecule has 0 saturated carbocycles. The molecule has 0 radical (unpaired) electrons. The van der Waals surface area contributed by atoms with Crippen molar-refractivity contribution in [2.75, 3.05) is 33.4 Å². The quantitative estimate of drug-likeness (QED) is 0.0900. The first-order chi connectivity index (χ1) is 28.8. The van der Waals surface area contributed by atoms with Crippen molar-refractivity contribution in [3.05, 3.63) is 109 Å². The number of benzene rings is 2. The molecule has 0 saturated heterocycles. The zero-order valence-corrected chi connectivity index (χ0v) is 37.2. The van der Waals surface area contributed by atoms with Crippen LogP contribution in [0.5, 0.6) is 11.5 Å². The van der Waals surface area contributed by atoms with Crippen LogP contribution in [0.2, 0.25) is 20.1 Å². The van der Waals surface area contributed by atoms with Crippen LogP contribution in [0.1, 0.15) is 48.2 Å². The van der Waals surface area contributed by atoms with Crippen LogP contribution in [0.15, 0.2) is 70.3 Å². The van der Waals surface area contributed by atoms with Gasteiger partial charge in [-0.1, -0.05) is 46.4 Å². The molecule has 0 aliphatic carbocycles. The van der Waals surface area contributed by atoms with Gasteiger partial charge in [-0.3, -0.25) is 4.55 Å². The third kappa shape index (κ3) is 8.79.